The zero-order valence-corrected chi connectivity index (χ0v) is 13.3. The van der Waals surface area contributed by atoms with Crippen LogP contribution >= 0.6 is 11.6 Å². The summed E-state index contributed by atoms with van der Waals surface area (Å²) in [6.45, 7) is 0.379. The number of amides is 1. The van der Waals surface area contributed by atoms with Crippen LogP contribution in [0.3, 0.4) is 0 Å². The molecule has 0 aromatic carbocycles. The van der Waals surface area contributed by atoms with Gasteiger partial charge < -0.3 is 9.72 Å². The molecule has 0 spiro atoms. The van der Waals surface area contributed by atoms with E-state index in [4.69, 9.17) is 18.0 Å². The van der Waals surface area contributed by atoms with Crippen LogP contribution in [0.25, 0.3) is 5.65 Å². The highest BCUT2D eigenvalue weighted by molar-refractivity contribution is 6.30. The third kappa shape index (κ3) is 3.88. The van der Waals surface area contributed by atoms with Gasteiger partial charge in [-0.3, -0.25) is 4.79 Å². The predicted octanol–water partition coefficient (Wildman–Crippen LogP) is 2.96. The normalized spacial score (nSPS) is 14.6. The smallest absolute Gasteiger partial charge is 0.220 e. The highest BCUT2D eigenvalue weighted by atomic mass is 35.5. The van der Waals surface area contributed by atoms with E-state index in [1.807, 2.05) is 16.7 Å². The first-order valence-electron chi connectivity index (χ1n) is 7.38. The highest BCUT2D eigenvalue weighted by Crippen LogP contribution is 2.37. The molecule has 118 valence electrons. The van der Waals surface area contributed by atoms with Gasteiger partial charge in [0.25, 0.3) is 0 Å². The van der Waals surface area contributed by atoms with Crippen molar-refractivity contribution < 1.29 is 4.79 Å². The lowest BCUT2D eigenvalue weighted by atomic mass is 10.0. The molecule has 0 saturated carbocycles. The second kappa shape index (κ2) is 6.39. The Balaban J connectivity index is 1.47. The lowest BCUT2D eigenvalue weighted by Crippen LogP contribution is -2.25. The van der Waals surface area contributed by atoms with E-state index < -0.39 is 5.66 Å². The summed E-state index contributed by atoms with van der Waals surface area (Å²) in [5.41, 5.74) is 1.16. The van der Waals surface area contributed by atoms with Gasteiger partial charge in [0.05, 0.1) is 17.3 Å². The van der Waals surface area contributed by atoms with Crippen molar-refractivity contribution >= 4 is 23.2 Å². The van der Waals surface area contributed by atoms with Crippen LogP contribution in [0, 0.1) is 12.3 Å². The molecule has 7 heteroatoms. The molecule has 23 heavy (non-hydrogen) atoms. The molecular formula is C16H16ClN5O. The second-order valence-corrected chi connectivity index (χ2v) is 5.94. The second-order valence-electron chi connectivity index (χ2n) is 5.51. The van der Waals surface area contributed by atoms with Crippen LogP contribution < -0.4 is 5.32 Å². The first-order chi connectivity index (χ1) is 11.1. The molecule has 1 aliphatic heterocycles. The number of pyridine rings is 1. The van der Waals surface area contributed by atoms with Crippen molar-refractivity contribution in [3.63, 3.8) is 0 Å². The number of fused-ring (bicyclic) bond motifs is 1. The van der Waals surface area contributed by atoms with E-state index in [1.54, 1.807) is 12.3 Å². The number of rotatable bonds is 7. The Morgan fingerprint density at radius 3 is 2.91 bits per heavy atom. The monoisotopic (exact) mass is 329 g/mol. The molecule has 6 nitrogen and oxygen atoms in total. The number of nitrogens with one attached hydrogen (secondary N) is 1. The molecule has 1 N–H and O–H groups in total. The summed E-state index contributed by atoms with van der Waals surface area (Å²) in [5, 5.41) is 11.5. The number of nitrogens with zero attached hydrogens (tertiary/aromatic N) is 4. The van der Waals surface area contributed by atoms with Crippen LogP contribution in [0.1, 0.15) is 31.4 Å². The minimum atomic E-state index is -0.413. The summed E-state index contributed by atoms with van der Waals surface area (Å²) < 4.78 is 1.83. The van der Waals surface area contributed by atoms with E-state index in [-0.39, 0.29) is 5.91 Å². The minimum absolute atomic E-state index is 0.0440. The average molecular weight is 330 g/mol. The number of hydrogen-bond donors (Lipinski definition) is 1. The van der Waals surface area contributed by atoms with Crippen molar-refractivity contribution in [3.8, 4) is 12.3 Å². The summed E-state index contributed by atoms with van der Waals surface area (Å²) in [4.78, 5) is 16.4. The minimum Gasteiger partial charge on any atom is -0.350 e. The highest BCUT2D eigenvalue weighted by Gasteiger charge is 2.39. The van der Waals surface area contributed by atoms with Gasteiger partial charge in [0.15, 0.2) is 5.66 Å². The fourth-order valence-corrected chi connectivity index (χ4v) is 2.53. The van der Waals surface area contributed by atoms with E-state index in [2.05, 4.69) is 26.4 Å². The lowest BCUT2D eigenvalue weighted by Gasteiger charge is -2.08. The quantitative estimate of drug-likeness (QED) is 0.793. The standard InChI is InChI=1S/C16H16ClN5O/c1-2-3-7-16(20-21-16)8-6-15(23)18-9-13-11-22-10-12(17)4-5-14(22)19-13/h1,4-5,10-11H,3,6-9H2,(H,18,23). The van der Waals surface area contributed by atoms with Crippen LogP contribution in [0.2, 0.25) is 5.02 Å². The van der Waals surface area contributed by atoms with Crippen molar-refractivity contribution in [2.24, 2.45) is 10.2 Å². The summed E-state index contributed by atoms with van der Waals surface area (Å²) >= 11 is 5.93. The summed E-state index contributed by atoms with van der Waals surface area (Å²) in [5.74, 6) is 2.53. The predicted molar refractivity (Wildman–Crippen MR) is 86.9 cm³/mol. The maximum atomic E-state index is 11.9. The molecule has 1 amide bonds. The number of carbonyl (C=O) groups excluding carboxylic acids is 1. The number of hydrogen-bond acceptors (Lipinski definition) is 4. The molecule has 0 atom stereocenters. The molecule has 0 unspecified atom stereocenters. The van der Waals surface area contributed by atoms with Crippen molar-refractivity contribution in [1.82, 2.24) is 14.7 Å². The molecule has 3 heterocycles. The van der Waals surface area contributed by atoms with Crippen molar-refractivity contribution in [1.29, 1.82) is 0 Å². The van der Waals surface area contributed by atoms with E-state index in [0.29, 0.717) is 37.3 Å². The zero-order valence-electron chi connectivity index (χ0n) is 12.5. The van der Waals surface area contributed by atoms with Gasteiger partial charge in [-0.2, -0.15) is 10.2 Å². The van der Waals surface area contributed by atoms with Crippen LogP contribution in [0.4, 0.5) is 0 Å². The molecular weight excluding hydrogens is 314 g/mol. The Labute approximate surface area is 139 Å². The first kappa shape index (κ1) is 15.5. The number of aromatic nitrogens is 2. The Kier molecular flexibility index (Phi) is 4.30. The molecule has 1 aliphatic rings. The number of halogens is 1. The van der Waals surface area contributed by atoms with Crippen molar-refractivity contribution in [3.05, 3.63) is 35.2 Å². The molecule has 0 fully saturated rings. The average Bonchev–Trinajstić information content (AvgIpc) is 3.20. The topological polar surface area (TPSA) is 71.1 Å². The van der Waals surface area contributed by atoms with Gasteiger partial charge in [0.1, 0.15) is 5.65 Å². The van der Waals surface area contributed by atoms with Gasteiger partial charge in [0.2, 0.25) is 5.91 Å². The van der Waals surface area contributed by atoms with Crippen LogP contribution in [0.15, 0.2) is 34.8 Å². The van der Waals surface area contributed by atoms with E-state index in [1.165, 1.54) is 0 Å². The zero-order chi connectivity index (χ0) is 16.3. The van der Waals surface area contributed by atoms with E-state index in [9.17, 15) is 4.79 Å². The summed E-state index contributed by atoms with van der Waals surface area (Å²) in [6.07, 6.45) is 11.2. The molecule has 0 bridgehead atoms. The van der Waals surface area contributed by atoms with Gasteiger partial charge in [0, 0.05) is 38.1 Å². The molecule has 0 radical (unpaired) electrons. The van der Waals surface area contributed by atoms with Gasteiger partial charge >= 0.3 is 0 Å². The largest absolute Gasteiger partial charge is 0.350 e. The molecule has 0 saturated heterocycles. The Morgan fingerprint density at radius 2 is 2.17 bits per heavy atom. The van der Waals surface area contributed by atoms with Gasteiger partial charge in [-0.1, -0.05) is 11.6 Å². The summed E-state index contributed by atoms with van der Waals surface area (Å²) in [6, 6.07) is 3.61. The Bertz CT molecular complexity index is 798. The van der Waals surface area contributed by atoms with Gasteiger partial charge in [-0.15, -0.1) is 12.3 Å². The van der Waals surface area contributed by atoms with Crippen LogP contribution in [0.5, 0.6) is 0 Å². The molecule has 0 aliphatic carbocycles. The Morgan fingerprint density at radius 1 is 1.35 bits per heavy atom. The van der Waals surface area contributed by atoms with Crippen LogP contribution in [-0.4, -0.2) is 21.0 Å². The molecule has 2 aromatic rings. The fourth-order valence-electron chi connectivity index (χ4n) is 2.36. The molecule has 2 aromatic heterocycles. The van der Waals surface area contributed by atoms with E-state index in [0.717, 1.165) is 11.3 Å². The maximum absolute atomic E-state index is 11.9. The number of carbonyl (C=O) groups is 1. The molecule has 3 rings (SSSR count). The SMILES string of the molecule is C#CCCC1(CCC(=O)NCc2cn3cc(Cl)ccc3n2)N=N1. The Hall–Kier alpha value is -2.39. The third-order valence-electron chi connectivity index (χ3n) is 3.74. The lowest BCUT2D eigenvalue weighted by molar-refractivity contribution is -0.121. The van der Waals surface area contributed by atoms with Gasteiger partial charge in [-0.25, -0.2) is 4.98 Å². The summed E-state index contributed by atoms with van der Waals surface area (Å²) in [7, 11) is 0. The van der Waals surface area contributed by atoms with Gasteiger partial charge in [-0.05, 0) is 12.1 Å². The fraction of sp³-hybridized carbons (Fsp3) is 0.375. The maximum Gasteiger partial charge on any atom is 0.220 e. The van der Waals surface area contributed by atoms with Crippen molar-refractivity contribution in [2.45, 2.75) is 37.9 Å². The first-order valence-corrected chi connectivity index (χ1v) is 7.75. The number of imidazole rings is 1. The van der Waals surface area contributed by atoms with E-state index >= 15 is 0 Å². The van der Waals surface area contributed by atoms with Crippen LogP contribution in [-0.2, 0) is 11.3 Å². The number of terminal acetylenes is 1. The van der Waals surface area contributed by atoms with Crippen molar-refractivity contribution in [2.75, 3.05) is 0 Å². The third-order valence-corrected chi connectivity index (χ3v) is 3.96.